The van der Waals surface area contributed by atoms with Crippen LogP contribution in [0.4, 0.5) is 0 Å². The first-order chi connectivity index (χ1) is 15.7. The number of carbonyl (C=O) groups excluding carboxylic acids is 1. The standard InChI is InChI=1S/C30H58O2/c1-3-5-7-9-10-11-12-15-18-23-27-30(32)28-24-20-17-14-13-16-19-22-26-29(31)25-21-8-6-4-2/h19,22,29,31H,3-18,20-21,23-28H2,1-2H3/t29-/m1/s1. The zero-order valence-corrected chi connectivity index (χ0v) is 22.1. The normalized spacial score (nSPS) is 12.6. The highest BCUT2D eigenvalue weighted by molar-refractivity contribution is 5.78. The molecule has 0 fully saturated rings. The van der Waals surface area contributed by atoms with Crippen molar-refractivity contribution in [2.24, 2.45) is 0 Å². The average Bonchev–Trinajstić information content (AvgIpc) is 2.79. The van der Waals surface area contributed by atoms with Crippen LogP contribution in [0, 0.1) is 0 Å². The quantitative estimate of drug-likeness (QED) is 0.105. The van der Waals surface area contributed by atoms with Gasteiger partial charge in [-0.2, -0.15) is 0 Å². The smallest absolute Gasteiger partial charge is 0.132 e. The topological polar surface area (TPSA) is 37.3 Å². The highest BCUT2D eigenvalue weighted by Gasteiger charge is 2.02. The monoisotopic (exact) mass is 450 g/mol. The SMILES string of the molecule is CCCCCCCCCCCCC(=O)CCCCCCCC=CC[C@H](O)CCCCCC. The molecule has 0 aliphatic rings. The predicted molar refractivity (Wildman–Crippen MR) is 142 cm³/mol. The number of hydrogen-bond acceptors (Lipinski definition) is 2. The zero-order valence-electron chi connectivity index (χ0n) is 22.1. The molecule has 0 aliphatic heterocycles. The molecular weight excluding hydrogens is 392 g/mol. The van der Waals surface area contributed by atoms with Gasteiger partial charge in [-0.3, -0.25) is 4.79 Å². The highest BCUT2D eigenvalue weighted by Crippen LogP contribution is 2.14. The Morgan fingerprint density at radius 3 is 1.56 bits per heavy atom. The molecule has 0 aliphatic carbocycles. The van der Waals surface area contributed by atoms with Gasteiger partial charge >= 0.3 is 0 Å². The van der Waals surface area contributed by atoms with Crippen LogP contribution in [0.3, 0.4) is 0 Å². The number of aliphatic hydroxyl groups excluding tert-OH is 1. The van der Waals surface area contributed by atoms with Crippen LogP contribution in [0.5, 0.6) is 0 Å². The summed E-state index contributed by atoms with van der Waals surface area (Å²) < 4.78 is 0. The Bertz CT molecular complexity index is 402. The van der Waals surface area contributed by atoms with Crippen LogP contribution in [0.1, 0.15) is 168 Å². The number of allylic oxidation sites excluding steroid dienone is 1. The fourth-order valence-electron chi connectivity index (χ4n) is 4.35. The maximum absolute atomic E-state index is 12.0. The van der Waals surface area contributed by atoms with Crippen LogP contribution in [-0.4, -0.2) is 17.0 Å². The van der Waals surface area contributed by atoms with E-state index < -0.39 is 0 Å². The van der Waals surface area contributed by atoms with Gasteiger partial charge in [0.25, 0.3) is 0 Å². The van der Waals surface area contributed by atoms with Crippen molar-refractivity contribution in [3.05, 3.63) is 12.2 Å². The molecule has 2 nitrogen and oxygen atoms in total. The fraction of sp³-hybridized carbons (Fsp3) is 0.900. The molecule has 0 heterocycles. The minimum Gasteiger partial charge on any atom is -0.393 e. The first-order valence-electron chi connectivity index (χ1n) is 14.5. The van der Waals surface area contributed by atoms with Gasteiger partial charge in [0.1, 0.15) is 5.78 Å². The second kappa shape index (κ2) is 26.6. The van der Waals surface area contributed by atoms with Gasteiger partial charge in [0.15, 0.2) is 0 Å². The second-order valence-electron chi connectivity index (χ2n) is 9.99. The lowest BCUT2D eigenvalue weighted by Crippen LogP contribution is -2.04. The molecule has 190 valence electrons. The molecule has 0 aromatic heterocycles. The predicted octanol–water partition coefficient (Wildman–Crippen LogP) is 9.87. The first-order valence-corrected chi connectivity index (χ1v) is 14.5. The van der Waals surface area contributed by atoms with Crippen molar-refractivity contribution in [1.82, 2.24) is 0 Å². The summed E-state index contributed by atoms with van der Waals surface area (Å²) in [6.45, 7) is 4.49. The Labute approximate surface area is 202 Å². The number of carbonyl (C=O) groups is 1. The maximum atomic E-state index is 12.0. The average molecular weight is 451 g/mol. The van der Waals surface area contributed by atoms with Crippen molar-refractivity contribution >= 4 is 5.78 Å². The molecule has 0 radical (unpaired) electrons. The van der Waals surface area contributed by atoms with Crippen molar-refractivity contribution in [3.8, 4) is 0 Å². The van der Waals surface area contributed by atoms with Crippen LogP contribution >= 0.6 is 0 Å². The largest absolute Gasteiger partial charge is 0.393 e. The number of hydrogen-bond donors (Lipinski definition) is 1. The molecule has 0 saturated carbocycles. The van der Waals surface area contributed by atoms with Crippen LogP contribution in [-0.2, 0) is 4.79 Å². The van der Waals surface area contributed by atoms with Crippen molar-refractivity contribution in [2.75, 3.05) is 0 Å². The molecule has 0 aromatic carbocycles. The van der Waals surface area contributed by atoms with E-state index in [1.54, 1.807) is 0 Å². The minimum atomic E-state index is -0.152. The lowest BCUT2D eigenvalue weighted by atomic mass is 10.0. The Kier molecular flexibility index (Phi) is 26.1. The Balaban J connectivity index is 3.29. The van der Waals surface area contributed by atoms with Gasteiger partial charge in [-0.15, -0.1) is 0 Å². The van der Waals surface area contributed by atoms with Gasteiger partial charge in [-0.1, -0.05) is 129 Å². The van der Waals surface area contributed by atoms with Crippen molar-refractivity contribution in [1.29, 1.82) is 0 Å². The summed E-state index contributed by atoms with van der Waals surface area (Å²) in [6, 6.07) is 0. The van der Waals surface area contributed by atoms with E-state index in [-0.39, 0.29) is 6.10 Å². The Morgan fingerprint density at radius 1 is 0.594 bits per heavy atom. The number of aliphatic hydroxyl groups is 1. The third-order valence-corrected chi connectivity index (χ3v) is 6.60. The summed E-state index contributed by atoms with van der Waals surface area (Å²) in [5, 5.41) is 9.95. The lowest BCUT2D eigenvalue weighted by molar-refractivity contribution is -0.119. The van der Waals surface area contributed by atoms with Crippen LogP contribution < -0.4 is 0 Å². The molecule has 1 atom stereocenters. The molecular formula is C30H58O2. The third-order valence-electron chi connectivity index (χ3n) is 6.60. The molecule has 0 amide bonds. The van der Waals surface area contributed by atoms with Crippen LogP contribution in [0.15, 0.2) is 12.2 Å². The van der Waals surface area contributed by atoms with Crippen molar-refractivity contribution in [2.45, 2.75) is 174 Å². The number of Topliss-reactive ketones (excluding diaryl/α,β-unsaturated/α-hetero) is 1. The summed E-state index contributed by atoms with van der Waals surface area (Å²) in [5.74, 6) is 0.487. The summed E-state index contributed by atoms with van der Waals surface area (Å²) >= 11 is 0. The number of unbranched alkanes of at least 4 members (excludes halogenated alkanes) is 17. The highest BCUT2D eigenvalue weighted by atomic mass is 16.3. The lowest BCUT2D eigenvalue weighted by Gasteiger charge is -2.07. The van der Waals surface area contributed by atoms with E-state index in [2.05, 4.69) is 26.0 Å². The minimum absolute atomic E-state index is 0.152. The molecule has 0 aromatic rings. The summed E-state index contributed by atoms with van der Waals surface area (Å²) in [6.07, 6.45) is 33.1. The molecule has 0 saturated heterocycles. The van der Waals surface area contributed by atoms with E-state index in [9.17, 15) is 9.90 Å². The van der Waals surface area contributed by atoms with Gasteiger partial charge in [0, 0.05) is 12.8 Å². The van der Waals surface area contributed by atoms with Gasteiger partial charge < -0.3 is 5.11 Å². The Hall–Kier alpha value is -0.630. The third kappa shape index (κ3) is 25.6. The molecule has 32 heavy (non-hydrogen) atoms. The summed E-state index contributed by atoms with van der Waals surface area (Å²) in [5.41, 5.74) is 0. The van der Waals surface area contributed by atoms with Crippen LogP contribution in [0.2, 0.25) is 0 Å². The summed E-state index contributed by atoms with van der Waals surface area (Å²) in [7, 11) is 0. The number of rotatable bonds is 26. The van der Waals surface area contributed by atoms with E-state index in [1.165, 1.54) is 103 Å². The van der Waals surface area contributed by atoms with E-state index >= 15 is 0 Å². The molecule has 0 bridgehead atoms. The first kappa shape index (κ1) is 31.4. The van der Waals surface area contributed by atoms with Crippen LogP contribution in [0.25, 0.3) is 0 Å². The molecule has 0 spiro atoms. The van der Waals surface area contributed by atoms with Gasteiger partial charge in [-0.05, 0) is 38.5 Å². The van der Waals surface area contributed by atoms with E-state index in [1.807, 2.05) is 0 Å². The number of ketones is 1. The maximum Gasteiger partial charge on any atom is 0.132 e. The molecule has 1 N–H and O–H groups in total. The summed E-state index contributed by atoms with van der Waals surface area (Å²) in [4.78, 5) is 12.0. The van der Waals surface area contributed by atoms with E-state index in [4.69, 9.17) is 0 Å². The van der Waals surface area contributed by atoms with E-state index in [0.29, 0.717) is 5.78 Å². The fourth-order valence-corrected chi connectivity index (χ4v) is 4.35. The second-order valence-corrected chi connectivity index (χ2v) is 9.99. The zero-order chi connectivity index (χ0) is 23.5. The van der Waals surface area contributed by atoms with Gasteiger partial charge in [-0.25, -0.2) is 0 Å². The van der Waals surface area contributed by atoms with Gasteiger partial charge in [0.05, 0.1) is 6.10 Å². The van der Waals surface area contributed by atoms with Crippen molar-refractivity contribution < 1.29 is 9.90 Å². The van der Waals surface area contributed by atoms with E-state index in [0.717, 1.165) is 51.4 Å². The van der Waals surface area contributed by atoms with Crippen molar-refractivity contribution in [3.63, 3.8) is 0 Å². The molecule has 2 heteroatoms. The molecule has 0 rings (SSSR count). The molecule has 0 unspecified atom stereocenters. The Morgan fingerprint density at radius 2 is 1.03 bits per heavy atom. The van der Waals surface area contributed by atoms with Gasteiger partial charge in [0.2, 0.25) is 0 Å².